The van der Waals surface area contributed by atoms with Gasteiger partial charge in [-0.15, -0.1) is 0 Å². The molecule has 0 spiro atoms. The van der Waals surface area contributed by atoms with E-state index >= 15 is 0 Å². The van der Waals surface area contributed by atoms with Crippen molar-refractivity contribution >= 4 is 11.8 Å². The van der Waals surface area contributed by atoms with E-state index in [1.54, 1.807) is 0 Å². The third-order valence-corrected chi connectivity index (χ3v) is 3.63. The predicted molar refractivity (Wildman–Crippen MR) is 59.4 cm³/mol. The molecule has 1 aliphatic rings. The van der Waals surface area contributed by atoms with Gasteiger partial charge in [-0.2, -0.15) is 11.8 Å². The van der Waals surface area contributed by atoms with E-state index in [0.717, 1.165) is 37.5 Å². The van der Waals surface area contributed by atoms with Crippen molar-refractivity contribution < 1.29 is 4.74 Å². The van der Waals surface area contributed by atoms with Crippen LogP contribution in [0.1, 0.15) is 19.8 Å². The molecule has 0 aliphatic carbocycles. The first-order valence-electron chi connectivity index (χ1n) is 5.14. The Bertz CT molecular complexity index is 126. The van der Waals surface area contributed by atoms with Gasteiger partial charge < -0.3 is 10.1 Å². The highest BCUT2D eigenvalue weighted by Gasteiger charge is 2.14. The van der Waals surface area contributed by atoms with Gasteiger partial charge in [-0.3, -0.25) is 0 Å². The van der Waals surface area contributed by atoms with Gasteiger partial charge in [-0.25, -0.2) is 0 Å². The minimum Gasteiger partial charge on any atom is -0.381 e. The molecule has 1 rings (SSSR count). The second kappa shape index (κ2) is 6.68. The van der Waals surface area contributed by atoms with Crippen LogP contribution in [0.3, 0.4) is 0 Å². The second-order valence-electron chi connectivity index (χ2n) is 3.77. The molecule has 2 nitrogen and oxygen atoms in total. The molecular weight excluding hydrogens is 182 g/mol. The number of nitrogens with one attached hydrogen (secondary N) is 1. The lowest BCUT2D eigenvalue weighted by atomic mass is 10.1. The summed E-state index contributed by atoms with van der Waals surface area (Å²) < 4.78 is 5.31. The summed E-state index contributed by atoms with van der Waals surface area (Å²) in [5.41, 5.74) is 0. The van der Waals surface area contributed by atoms with Gasteiger partial charge in [-0.05, 0) is 31.6 Å². The van der Waals surface area contributed by atoms with Gasteiger partial charge in [0.25, 0.3) is 0 Å². The first kappa shape index (κ1) is 11.3. The summed E-state index contributed by atoms with van der Waals surface area (Å²) in [6.07, 6.45) is 4.69. The zero-order chi connectivity index (χ0) is 9.52. The van der Waals surface area contributed by atoms with Crippen LogP contribution in [0.4, 0.5) is 0 Å². The SMILES string of the molecule is CSC(C)CCNCC1CCOC1. The van der Waals surface area contributed by atoms with E-state index in [4.69, 9.17) is 4.74 Å². The van der Waals surface area contributed by atoms with E-state index in [9.17, 15) is 0 Å². The Labute approximate surface area is 85.8 Å². The normalized spacial score (nSPS) is 24.9. The Morgan fingerprint density at radius 2 is 2.46 bits per heavy atom. The zero-order valence-corrected chi connectivity index (χ0v) is 9.53. The van der Waals surface area contributed by atoms with E-state index in [-0.39, 0.29) is 0 Å². The first-order chi connectivity index (χ1) is 6.33. The Kier molecular flexibility index (Phi) is 5.83. The van der Waals surface area contributed by atoms with Crippen molar-refractivity contribution in [2.24, 2.45) is 5.92 Å². The minimum atomic E-state index is 0.768. The fourth-order valence-corrected chi connectivity index (χ4v) is 1.83. The molecule has 0 aromatic rings. The first-order valence-corrected chi connectivity index (χ1v) is 6.43. The lowest BCUT2D eigenvalue weighted by Crippen LogP contribution is -2.25. The van der Waals surface area contributed by atoms with E-state index in [0.29, 0.717) is 0 Å². The second-order valence-corrected chi connectivity index (χ2v) is 5.04. The number of thioether (sulfide) groups is 1. The number of ether oxygens (including phenoxy) is 1. The molecule has 2 atom stereocenters. The molecule has 1 saturated heterocycles. The molecule has 0 aromatic carbocycles. The quantitative estimate of drug-likeness (QED) is 0.665. The summed E-state index contributed by atoms with van der Waals surface area (Å²) in [7, 11) is 0. The van der Waals surface area contributed by atoms with Crippen LogP contribution in [0.5, 0.6) is 0 Å². The van der Waals surface area contributed by atoms with Crippen LogP contribution < -0.4 is 5.32 Å². The topological polar surface area (TPSA) is 21.3 Å². The summed E-state index contributed by atoms with van der Waals surface area (Å²) in [4.78, 5) is 0. The fourth-order valence-electron chi connectivity index (χ4n) is 1.47. The fraction of sp³-hybridized carbons (Fsp3) is 1.00. The van der Waals surface area contributed by atoms with E-state index in [2.05, 4.69) is 18.5 Å². The van der Waals surface area contributed by atoms with Gasteiger partial charge in [-0.1, -0.05) is 6.92 Å². The van der Waals surface area contributed by atoms with Crippen LogP contribution in [0.15, 0.2) is 0 Å². The number of rotatable bonds is 6. The molecule has 1 N–H and O–H groups in total. The lowest BCUT2D eigenvalue weighted by Gasteiger charge is -2.11. The van der Waals surface area contributed by atoms with Gasteiger partial charge in [0.05, 0.1) is 6.61 Å². The van der Waals surface area contributed by atoms with Crippen LogP contribution in [-0.4, -0.2) is 37.8 Å². The molecule has 1 fully saturated rings. The highest BCUT2D eigenvalue weighted by molar-refractivity contribution is 7.99. The van der Waals surface area contributed by atoms with Crippen molar-refractivity contribution in [3.8, 4) is 0 Å². The molecule has 2 unspecified atom stereocenters. The van der Waals surface area contributed by atoms with Gasteiger partial charge in [0.15, 0.2) is 0 Å². The highest BCUT2D eigenvalue weighted by atomic mass is 32.2. The van der Waals surface area contributed by atoms with Crippen LogP contribution >= 0.6 is 11.8 Å². The summed E-state index contributed by atoms with van der Waals surface area (Å²) in [6, 6.07) is 0. The Morgan fingerprint density at radius 1 is 1.62 bits per heavy atom. The monoisotopic (exact) mass is 203 g/mol. The maximum Gasteiger partial charge on any atom is 0.0507 e. The van der Waals surface area contributed by atoms with Crippen LogP contribution in [0.25, 0.3) is 0 Å². The maximum atomic E-state index is 5.31. The van der Waals surface area contributed by atoms with E-state index in [1.165, 1.54) is 12.8 Å². The largest absolute Gasteiger partial charge is 0.381 e. The maximum absolute atomic E-state index is 5.31. The molecule has 0 radical (unpaired) electrons. The standard InChI is InChI=1S/C10H21NOS/c1-9(13-2)3-5-11-7-10-4-6-12-8-10/h9-11H,3-8H2,1-2H3. The number of hydrogen-bond donors (Lipinski definition) is 1. The minimum absolute atomic E-state index is 0.768. The molecule has 1 aliphatic heterocycles. The smallest absolute Gasteiger partial charge is 0.0507 e. The molecule has 0 aromatic heterocycles. The van der Waals surface area contributed by atoms with Crippen molar-refractivity contribution in [3.63, 3.8) is 0 Å². The third kappa shape index (κ3) is 4.89. The molecule has 1 heterocycles. The van der Waals surface area contributed by atoms with Crippen molar-refractivity contribution in [1.82, 2.24) is 5.32 Å². The van der Waals surface area contributed by atoms with Gasteiger partial charge in [0.2, 0.25) is 0 Å². The Hall–Kier alpha value is 0.270. The average Bonchev–Trinajstić information content (AvgIpc) is 2.64. The summed E-state index contributed by atoms with van der Waals surface area (Å²) in [6.45, 7) is 6.50. The van der Waals surface area contributed by atoms with E-state index < -0.39 is 0 Å². The third-order valence-electron chi connectivity index (χ3n) is 2.59. The highest BCUT2D eigenvalue weighted by Crippen LogP contribution is 2.11. The summed E-state index contributed by atoms with van der Waals surface area (Å²) in [5, 5.41) is 4.28. The molecule has 0 bridgehead atoms. The molecule has 0 saturated carbocycles. The molecular formula is C10H21NOS. The van der Waals surface area contributed by atoms with E-state index in [1.807, 2.05) is 11.8 Å². The van der Waals surface area contributed by atoms with Crippen molar-refractivity contribution in [1.29, 1.82) is 0 Å². The number of hydrogen-bond acceptors (Lipinski definition) is 3. The van der Waals surface area contributed by atoms with Gasteiger partial charge in [0, 0.05) is 18.4 Å². The Morgan fingerprint density at radius 3 is 3.08 bits per heavy atom. The summed E-state index contributed by atoms with van der Waals surface area (Å²) >= 11 is 1.94. The predicted octanol–water partition coefficient (Wildman–Crippen LogP) is 1.75. The van der Waals surface area contributed by atoms with Gasteiger partial charge >= 0.3 is 0 Å². The van der Waals surface area contributed by atoms with Gasteiger partial charge in [0.1, 0.15) is 0 Å². The van der Waals surface area contributed by atoms with Crippen LogP contribution in [0, 0.1) is 5.92 Å². The van der Waals surface area contributed by atoms with Crippen LogP contribution in [0.2, 0.25) is 0 Å². The van der Waals surface area contributed by atoms with Crippen molar-refractivity contribution in [2.75, 3.05) is 32.6 Å². The molecule has 3 heteroatoms. The average molecular weight is 203 g/mol. The molecule has 13 heavy (non-hydrogen) atoms. The molecule has 78 valence electrons. The molecule has 0 amide bonds. The zero-order valence-electron chi connectivity index (χ0n) is 8.71. The summed E-state index contributed by atoms with van der Waals surface area (Å²) in [5.74, 6) is 0.768. The Balaban J connectivity index is 1.88. The van der Waals surface area contributed by atoms with Crippen molar-refractivity contribution in [3.05, 3.63) is 0 Å². The lowest BCUT2D eigenvalue weighted by molar-refractivity contribution is 0.185. The van der Waals surface area contributed by atoms with Crippen LogP contribution in [-0.2, 0) is 4.74 Å². The van der Waals surface area contributed by atoms with Crippen molar-refractivity contribution in [2.45, 2.75) is 25.0 Å².